The second kappa shape index (κ2) is 49.1. The van der Waals surface area contributed by atoms with Gasteiger partial charge in [-0.15, -0.1) is 0 Å². The monoisotopic (exact) mass is 1030 g/mol. The number of carboxylic acids is 1. The molecule has 3 N–H and O–H groups in total. The smallest absolute Gasteiger partial charge is 0.335 e. The summed E-state index contributed by atoms with van der Waals surface area (Å²) in [5.74, 6) is -3.19. The van der Waals surface area contributed by atoms with Gasteiger partial charge in [-0.05, 0) is 83.5 Å². The Bertz CT molecular complexity index is 1550. The predicted molar refractivity (Wildman–Crippen MR) is 294 cm³/mol. The van der Waals surface area contributed by atoms with Gasteiger partial charge in [0, 0.05) is 19.3 Å². The Balaban J connectivity index is 2.73. The zero-order chi connectivity index (χ0) is 53.3. The van der Waals surface area contributed by atoms with Crippen LogP contribution in [-0.2, 0) is 42.9 Å². The quantitative estimate of drug-likeness (QED) is 0.0228. The van der Waals surface area contributed by atoms with Gasteiger partial charge in [0.25, 0.3) is 0 Å². The van der Waals surface area contributed by atoms with Crippen molar-refractivity contribution >= 4 is 23.9 Å². The predicted octanol–water partition coefficient (Wildman–Crippen LogP) is 14.6. The fraction of sp³-hybridized carbons (Fsp3) is 0.738. The number of ether oxygens (including phenoxy) is 5. The van der Waals surface area contributed by atoms with Crippen LogP contribution in [0.2, 0.25) is 0 Å². The summed E-state index contributed by atoms with van der Waals surface area (Å²) in [5, 5.41) is 31.4. The molecule has 1 heterocycles. The first-order chi connectivity index (χ1) is 35.6. The highest BCUT2D eigenvalue weighted by Crippen LogP contribution is 2.26. The summed E-state index contributed by atoms with van der Waals surface area (Å²) < 4.78 is 28.3. The molecular weight excluding hydrogens is 925 g/mol. The van der Waals surface area contributed by atoms with Crippen LogP contribution in [0.5, 0.6) is 0 Å². The molecule has 1 aliphatic heterocycles. The summed E-state index contributed by atoms with van der Waals surface area (Å²) in [5.41, 5.74) is 0. The van der Waals surface area contributed by atoms with Crippen LogP contribution in [0.3, 0.4) is 0 Å². The van der Waals surface area contributed by atoms with Crippen LogP contribution in [0.15, 0.2) is 72.9 Å². The van der Waals surface area contributed by atoms with E-state index in [4.69, 9.17) is 23.7 Å². The van der Waals surface area contributed by atoms with Gasteiger partial charge in [0.05, 0.1) is 6.61 Å². The minimum Gasteiger partial charge on any atom is -0.479 e. The van der Waals surface area contributed by atoms with Gasteiger partial charge in [0.15, 0.2) is 24.6 Å². The van der Waals surface area contributed by atoms with Crippen LogP contribution in [0.25, 0.3) is 0 Å². The molecule has 418 valence electrons. The molecular formula is C61H102O12. The zero-order valence-corrected chi connectivity index (χ0v) is 45.9. The molecule has 0 aromatic heterocycles. The fourth-order valence-corrected chi connectivity index (χ4v) is 8.34. The Morgan fingerprint density at radius 1 is 0.466 bits per heavy atom. The van der Waals surface area contributed by atoms with E-state index in [1.54, 1.807) is 0 Å². The first-order valence-electron chi connectivity index (χ1n) is 28.9. The molecule has 0 bridgehead atoms. The van der Waals surface area contributed by atoms with E-state index in [-0.39, 0.29) is 25.9 Å². The number of aliphatic hydroxyl groups excluding tert-OH is 2. The largest absolute Gasteiger partial charge is 0.479 e. The van der Waals surface area contributed by atoms with Crippen LogP contribution in [0.4, 0.5) is 0 Å². The summed E-state index contributed by atoms with van der Waals surface area (Å²) in [6.45, 7) is 5.77. The molecule has 1 fully saturated rings. The molecule has 1 saturated heterocycles. The molecule has 0 aromatic carbocycles. The average molecular weight is 1030 g/mol. The van der Waals surface area contributed by atoms with Gasteiger partial charge in [-0.2, -0.15) is 0 Å². The lowest BCUT2D eigenvalue weighted by molar-refractivity contribution is -0.301. The Morgan fingerprint density at radius 2 is 0.890 bits per heavy atom. The van der Waals surface area contributed by atoms with Crippen molar-refractivity contribution in [1.29, 1.82) is 0 Å². The molecule has 6 unspecified atom stereocenters. The van der Waals surface area contributed by atoms with Crippen LogP contribution >= 0.6 is 0 Å². The van der Waals surface area contributed by atoms with Crippen molar-refractivity contribution in [2.24, 2.45) is 0 Å². The Kier molecular flexibility index (Phi) is 45.1. The molecule has 6 atom stereocenters. The first-order valence-corrected chi connectivity index (χ1v) is 28.9. The molecule has 73 heavy (non-hydrogen) atoms. The van der Waals surface area contributed by atoms with Crippen molar-refractivity contribution in [1.82, 2.24) is 0 Å². The summed E-state index contributed by atoms with van der Waals surface area (Å²) in [7, 11) is 0. The van der Waals surface area contributed by atoms with E-state index >= 15 is 0 Å². The summed E-state index contributed by atoms with van der Waals surface area (Å²) in [6.07, 6.45) is 48.8. The van der Waals surface area contributed by atoms with Gasteiger partial charge in [-0.3, -0.25) is 14.4 Å². The minimum atomic E-state index is -1.91. The van der Waals surface area contributed by atoms with Crippen LogP contribution < -0.4 is 0 Å². The van der Waals surface area contributed by atoms with Gasteiger partial charge < -0.3 is 39.0 Å². The van der Waals surface area contributed by atoms with Gasteiger partial charge in [0.2, 0.25) is 0 Å². The number of rotatable bonds is 48. The number of esters is 3. The zero-order valence-electron chi connectivity index (χ0n) is 45.9. The average Bonchev–Trinajstić information content (AvgIpc) is 3.37. The van der Waals surface area contributed by atoms with Crippen LogP contribution in [-0.4, -0.2) is 89.2 Å². The second-order valence-corrected chi connectivity index (χ2v) is 19.5. The molecule has 1 rings (SSSR count). The lowest BCUT2D eigenvalue weighted by Crippen LogP contribution is -2.61. The summed E-state index contributed by atoms with van der Waals surface area (Å²) >= 11 is 0. The molecule has 0 aromatic rings. The van der Waals surface area contributed by atoms with E-state index in [0.717, 1.165) is 109 Å². The number of carbonyl (C=O) groups excluding carboxylic acids is 3. The van der Waals surface area contributed by atoms with Crippen LogP contribution in [0, 0.1) is 0 Å². The number of aliphatic carboxylic acids is 1. The normalized spacial score (nSPS) is 18.8. The van der Waals surface area contributed by atoms with E-state index < -0.39 is 67.3 Å². The van der Waals surface area contributed by atoms with Crippen molar-refractivity contribution in [3.63, 3.8) is 0 Å². The Labute approximate surface area is 442 Å². The first kappa shape index (κ1) is 67.2. The molecule has 0 radical (unpaired) electrons. The molecule has 0 saturated carbocycles. The number of hydrogen-bond acceptors (Lipinski definition) is 11. The molecule has 0 aliphatic carbocycles. The molecule has 0 spiro atoms. The van der Waals surface area contributed by atoms with Crippen molar-refractivity contribution in [3.8, 4) is 0 Å². The number of unbranched alkanes of at least 4 members (excludes halogenated alkanes) is 22. The summed E-state index contributed by atoms with van der Waals surface area (Å²) in [6, 6.07) is 0. The van der Waals surface area contributed by atoms with E-state index in [1.165, 1.54) is 70.6 Å². The summed E-state index contributed by atoms with van der Waals surface area (Å²) in [4.78, 5) is 51.0. The maximum Gasteiger partial charge on any atom is 0.335 e. The van der Waals surface area contributed by atoms with Gasteiger partial charge in [-0.1, -0.05) is 209 Å². The van der Waals surface area contributed by atoms with Gasteiger partial charge in [0.1, 0.15) is 18.8 Å². The fourth-order valence-electron chi connectivity index (χ4n) is 8.34. The van der Waals surface area contributed by atoms with Gasteiger partial charge >= 0.3 is 23.9 Å². The highest BCUT2D eigenvalue weighted by atomic mass is 16.7. The van der Waals surface area contributed by atoms with E-state index in [0.29, 0.717) is 19.3 Å². The molecule has 1 aliphatic rings. The van der Waals surface area contributed by atoms with Crippen LogP contribution in [0.1, 0.15) is 239 Å². The van der Waals surface area contributed by atoms with Crippen molar-refractivity contribution < 1.29 is 58.2 Å². The SMILES string of the molecule is CC/C=C\C/C=C\C/C=C\C/C=C\CCCCC(=O)OCC(COC1OC(C(=O)O)C(O)C(O)C1OC(=O)CCCCCCC/C=C\C/C=C\CCC)OC(=O)CCCCCCCCCCCCCCCCC. The highest BCUT2D eigenvalue weighted by molar-refractivity contribution is 5.74. The van der Waals surface area contributed by atoms with E-state index in [1.807, 2.05) is 0 Å². The third-order valence-corrected chi connectivity index (χ3v) is 12.7. The molecule has 12 heteroatoms. The third kappa shape index (κ3) is 39.3. The number of aliphatic hydroxyl groups is 2. The Morgan fingerprint density at radius 3 is 1.40 bits per heavy atom. The second-order valence-electron chi connectivity index (χ2n) is 19.5. The molecule has 0 amide bonds. The maximum absolute atomic E-state index is 13.1. The number of carbonyl (C=O) groups is 4. The lowest BCUT2D eigenvalue weighted by atomic mass is 9.98. The van der Waals surface area contributed by atoms with E-state index in [9.17, 15) is 34.5 Å². The standard InChI is InChI=1S/C61H102O12/c1-4-7-10-13-16-19-22-25-27-30-32-35-38-41-44-47-53(62)69-50-52(71-54(63)48-45-42-39-36-34-31-28-26-23-20-17-14-11-8-5-2)51-70-61-59(57(66)56(65)58(73-61)60(67)68)72-55(64)49-46-43-40-37-33-29-24-21-18-15-12-9-6-3/h7,10,12,15-16,19,21,24-25,27,32,35,52,56-59,61,65-66H,4-6,8-9,11,13-14,17-18,20,22-23,26,28-31,33-34,36-51H2,1-3H3,(H,67,68)/b10-7-,15-12-,19-16-,24-21-,27-25-,35-32-. The topological polar surface area (TPSA) is 175 Å². The number of allylic oxidation sites excluding steroid dienone is 12. The Hall–Kier alpha value is -3.84. The number of carboxylic acid groups (broad SMARTS) is 1. The highest BCUT2D eigenvalue weighted by Gasteiger charge is 2.50. The maximum atomic E-state index is 13.1. The minimum absolute atomic E-state index is 0.0390. The lowest BCUT2D eigenvalue weighted by Gasteiger charge is -2.40. The van der Waals surface area contributed by atoms with E-state index in [2.05, 4.69) is 93.7 Å². The third-order valence-electron chi connectivity index (χ3n) is 12.7. The van der Waals surface area contributed by atoms with Crippen molar-refractivity contribution in [2.75, 3.05) is 13.2 Å². The van der Waals surface area contributed by atoms with Crippen molar-refractivity contribution in [2.45, 2.75) is 276 Å². The number of hydrogen-bond donors (Lipinski definition) is 3. The van der Waals surface area contributed by atoms with Gasteiger partial charge in [-0.25, -0.2) is 4.79 Å². The van der Waals surface area contributed by atoms with Crippen molar-refractivity contribution in [3.05, 3.63) is 72.9 Å². The molecule has 12 nitrogen and oxygen atoms in total.